The number of hydrogen-bond acceptors (Lipinski definition) is 3. The summed E-state index contributed by atoms with van der Waals surface area (Å²) in [7, 11) is 3.17. The molecule has 2 unspecified atom stereocenters. The Balaban J connectivity index is 2.59. The van der Waals surface area contributed by atoms with E-state index in [2.05, 4.69) is 5.32 Å². The lowest BCUT2D eigenvalue weighted by atomic mass is 10.00. The second-order valence-electron chi connectivity index (χ2n) is 5.51. The quantitative estimate of drug-likeness (QED) is 0.760. The molecule has 0 radical (unpaired) electrons. The fourth-order valence-corrected chi connectivity index (χ4v) is 2.25. The molecule has 0 aliphatic rings. The van der Waals surface area contributed by atoms with Crippen molar-refractivity contribution in [3.05, 3.63) is 34.9 Å². The molecule has 7 heteroatoms. The summed E-state index contributed by atoms with van der Waals surface area (Å²) in [5.41, 5.74) is 1.01. The molecule has 0 saturated heterocycles. The summed E-state index contributed by atoms with van der Waals surface area (Å²) < 4.78 is 5.20. The minimum Gasteiger partial charge on any atom is -0.481 e. The zero-order valence-corrected chi connectivity index (χ0v) is 14.3. The normalized spacial score (nSPS) is 13.2. The third-order valence-corrected chi connectivity index (χ3v) is 3.78. The summed E-state index contributed by atoms with van der Waals surface area (Å²) in [6, 6.07) is 7.07. The first kappa shape index (κ1) is 19.3. The highest BCUT2D eigenvalue weighted by Gasteiger charge is 2.19. The number of carbonyl (C=O) groups is 2. The van der Waals surface area contributed by atoms with Crippen molar-refractivity contribution in [2.24, 2.45) is 5.92 Å². The van der Waals surface area contributed by atoms with Gasteiger partial charge in [-0.05, 0) is 17.7 Å². The van der Waals surface area contributed by atoms with E-state index in [9.17, 15) is 9.59 Å². The highest BCUT2D eigenvalue weighted by molar-refractivity contribution is 6.30. The number of methoxy groups -OCH3 is 1. The zero-order chi connectivity index (χ0) is 17.4. The number of nitrogens with zero attached hydrogens (tertiary/aromatic N) is 1. The van der Waals surface area contributed by atoms with Crippen molar-refractivity contribution in [3.63, 3.8) is 0 Å². The Hall–Kier alpha value is -1.79. The van der Waals surface area contributed by atoms with E-state index in [1.165, 1.54) is 4.90 Å². The molecule has 0 bridgehead atoms. The Morgan fingerprint density at radius 2 is 1.96 bits per heavy atom. The first-order valence-electron chi connectivity index (χ1n) is 7.31. The molecule has 2 atom stereocenters. The molecule has 0 aliphatic carbocycles. The number of nitrogens with one attached hydrogen (secondary N) is 1. The third-order valence-electron chi connectivity index (χ3n) is 3.52. The fourth-order valence-electron chi connectivity index (χ4n) is 2.13. The molecule has 0 saturated carbocycles. The van der Waals surface area contributed by atoms with Crippen LogP contribution in [0.2, 0.25) is 5.02 Å². The predicted octanol–water partition coefficient (Wildman–Crippen LogP) is 2.43. The molecule has 0 spiro atoms. The van der Waals surface area contributed by atoms with Crippen molar-refractivity contribution in [1.82, 2.24) is 10.2 Å². The van der Waals surface area contributed by atoms with E-state index < -0.39 is 11.9 Å². The summed E-state index contributed by atoms with van der Waals surface area (Å²) >= 11 is 5.88. The Morgan fingerprint density at radius 1 is 1.35 bits per heavy atom. The van der Waals surface area contributed by atoms with Crippen LogP contribution in [0.15, 0.2) is 24.3 Å². The second-order valence-corrected chi connectivity index (χ2v) is 5.95. The molecule has 6 nitrogen and oxygen atoms in total. The predicted molar refractivity (Wildman–Crippen MR) is 88.9 cm³/mol. The van der Waals surface area contributed by atoms with E-state index in [0.717, 1.165) is 5.56 Å². The highest BCUT2D eigenvalue weighted by Crippen LogP contribution is 2.18. The van der Waals surface area contributed by atoms with Gasteiger partial charge < -0.3 is 20.1 Å². The van der Waals surface area contributed by atoms with Crippen LogP contribution < -0.4 is 5.32 Å². The van der Waals surface area contributed by atoms with Crippen LogP contribution in [0.5, 0.6) is 0 Å². The van der Waals surface area contributed by atoms with Gasteiger partial charge >= 0.3 is 12.0 Å². The van der Waals surface area contributed by atoms with Crippen LogP contribution in [0.1, 0.15) is 18.4 Å². The van der Waals surface area contributed by atoms with Gasteiger partial charge in [0.2, 0.25) is 0 Å². The van der Waals surface area contributed by atoms with Gasteiger partial charge in [0.05, 0.1) is 12.5 Å². The lowest BCUT2D eigenvalue weighted by molar-refractivity contribution is -0.141. The van der Waals surface area contributed by atoms with Gasteiger partial charge in [-0.3, -0.25) is 4.79 Å². The molecule has 1 aromatic rings. The molecule has 0 heterocycles. The number of amides is 2. The number of carboxylic acid groups (broad SMARTS) is 1. The largest absolute Gasteiger partial charge is 0.481 e. The average molecular weight is 343 g/mol. The Morgan fingerprint density at radius 3 is 2.48 bits per heavy atom. The molecular weight excluding hydrogens is 320 g/mol. The number of benzene rings is 1. The summed E-state index contributed by atoms with van der Waals surface area (Å²) in [5.74, 6) is -1.55. The number of halogens is 1. The topological polar surface area (TPSA) is 78.9 Å². The monoisotopic (exact) mass is 342 g/mol. The summed E-state index contributed by atoms with van der Waals surface area (Å²) in [6.07, 6.45) is 0. The molecule has 0 fully saturated rings. The lowest BCUT2D eigenvalue weighted by Gasteiger charge is -2.22. The van der Waals surface area contributed by atoms with Crippen LogP contribution in [0.25, 0.3) is 0 Å². The van der Waals surface area contributed by atoms with Crippen LogP contribution in [0.3, 0.4) is 0 Å². The van der Waals surface area contributed by atoms with Crippen LogP contribution in [-0.2, 0) is 9.53 Å². The zero-order valence-electron chi connectivity index (χ0n) is 13.6. The molecule has 1 aromatic carbocycles. The van der Waals surface area contributed by atoms with Crippen molar-refractivity contribution < 1.29 is 19.4 Å². The van der Waals surface area contributed by atoms with Crippen molar-refractivity contribution in [3.8, 4) is 0 Å². The second kappa shape index (κ2) is 9.37. The molecule has 23 heavy (non-hydrogen) atoms. The van der Waals surface area contributed by atoms with E-state index in [1.54, 1.807) is 33.2 Å². The van der Waals surface area contributed by atoms with Gasteiger partial charge in [-0.2, -0.15) is 0 Å². The highest BCUT2D eigenvalue weighted by atomic mass is 35.5. The maximum absolute atomic E-state index is 12.1. The van der Waals surface area contributed by atoms with Gasteiger partial charge in [-0.25, -0.2) is 4.79 Å². The van der Waals surface area contributed by atoms with Gasteiger partial charge in [-0.1, -0.05) is 30.7 Å². The summed E-state index contributed by atoms with van der Waals surface area (Å²) in [5, 5.41) is 12.3. The Kier molecular flexibility index (Phi) is 7.85. The number of aliphatic carboxylic acids is 1. The van der Waals surface area contributed by atoms with Crippen molar-refractivity contribution >= 4 is 23.6 Å². The number of ether oxygens (including phenoxy) is 1. The fraction of sp³-hybridized carbons (Fsp3) is 0.500. The van der Waals surface area contributed by atoms with Gasteiger partial charge in [0, 0.05) is 38.2 Å². The maximum atomic E-state index is 12.1. The van der Waals surface area contributed by atoms with Crippen LogP contribution in [0.4, 0.5) is 4.79 Å². The minimum atomic E-state index is -0.928. The van der Waals surface area contributed by atoms with Gasteiger partial charge in [0.25, 0.3) is 0 Å². The molecular formula is C16H23ClN2O4. The van der Waals surface area contributed by atoms with Gasteiger partial charge in [-0.15, -0.1) is 0 Å². The minimum absolute atomic E-state index is 0.00786. The average Bonchev–Trinajstić information content (AvgIpc) is 2.51. The summed E-state index contributed by atoms with van der Waals surface area (Å²) in [6.45, 7) is 2.56. The van der Waals surface area contributed by atoms with Crippen LogP contribution >= 0.6 is 11.6 Å². The van der Waals surface area contributed by atoms with Gasteiger partial charge in [0.1, 0.15) is 0 Å². The maximum Gasteiger partial charge on any atom is 0.317 e. The van der Waals surface area contributed by atoms with Gasteiger partial charge in [0.15, 0.2) is 0 Å². The number of carboxylic acids is 1. The van der Waals surface area contributed by atoms with Crippen LogP contribution in [-0.4, -0.2) is 55.9 Å². The van der Waals surface area contributed by atoms with Crippen molar-refractivity contribution in [2.75, 3.05) is 33.9 Å². The molecule has 128 valence electrons. The van der Waals surface area contributed by atoms with E-state index in [-0.39, 0.29) is 18.5 Å². The number of carbonyl (C=O) groups excluding carboxylic acids is 1. The van der Waals surface area contributed by atoms with E-state index in [4.69, 9.17) is 21.4 Å². The number of hydrogen-bond donors (Lipinski definition) is 2. The summed E-state index contributed by atoms with van der Waals surface area (Å²) in [4.78, 5) is 24.3. The number of urea groups is 1. The molecule has 2 N–H and O–H groups in total. The first-order valence-corrected chi connectivity index (χ1v) is 7.69. The Bertz CT molecular complexity index is 521. The standard InChI is InChI=1S/C16H23ClN2O4/c1-11(15(20)21)9-19(2)16(22)18-8-13(10-23-3)12-4-6-14(17)7-5-12/h4-7,11,13H,8-10H2,1-3H3,(H,18,22)(H,20,21). The van der Waals surface area contributed by atoms with E-state index in [1.807, 2.05) is 12.1 Å². The smallest absolute Gasteiger partial charge is 0.317 e. The first-order chi connectivity index (χ1) is 10.8. The van der Waals surface area contributed by atoms with Crippen LogP contribution in [0, 0.1) is 5.92 Å². The molecule has 0 aliphatic heterocycles. The molecule has 1 rings (SSSR count). The lowest BCUT2D eigenvalue weighted by Crippen LogP contribution is -2.42. The van der Waals surface area contributed by atoms with E-state index >= 15 is 0 Å². The molecule has 2 amide bonds. The third kappa shape index (κ3) is 6.46. The van der Waals surface area contributed by atoms with Crippen molar-refractivity contribution in [2.45, 2.75) is 12.8 Å². The molecule has 0 aromatic heterocycles. The SMILES string of the molecule is COCC(CNC(=O)N(C)CC(C)C(=O)O)c1ccc(Cl)cc1. The van der Waals surface area contributed by atoms with E-state index in [0.29, 0.717) is 18.2 Å². The van der Waals surface area contributed by atoms with Crippen molar-refractivity contribution in [1.29, 1.82) is 0 Å². The number of rotatable bonds is 8. The Labute approximate surface area is 141 Å².